The molecule has 1 atom stereocenters. The van der Waals surface area contributed by atoms with Crippen molar-refractivity contribution in [2.75, 3.05) is 39.2 Å². The van der Waals surface area contributed by atoms with E-state index < -0.39 is 0 Å². The second-order valence-corrected chi connectivity index (χ2v) is 6.69. The van der Waals surface area contributed by atoms with Crippen molar-refractivity contribution in [1.82, 2.24) is 14.9 Å². The summed E-state index contributed by atoms with van der Waals surface area (Å²) < 4.78 is 10.5. The van der Waals surface area contributed by atoms with E-state index in [1.54, 1.807) is 18.3 Å². The number of nitrogens with one attached hydrogen (secondary N) is 2. The van der Waals surface area contributed by atoms with Gasteiger partial charge < -0.3 is 19.8 Å². The molecule has 140 valence electrons. The molecule has 1 aliphatic rings. The molecule has 1 aliphatic heterocycles. The number of methoxy groups -OCH3 is 2. The van der Waals surface area contributed by atoms with E-state index in [1.807, 2.05) is 6.20 Å². The Morgan fingerprint density at radius 1 is 1.38 bits per heavy atom. The van der Waals surface area contributed by atoms with E-state index in [4.69, 9.17) is 21.1 Å². The van der Waals surface area contributed by atoms with E-state index in [2.05, 4.69) is 20.2 Å². The largest absolute Gasteiger partial charge is 0.495 e. The van der Waals surface area contributed by atoms with Crippen LogP contribution in [0.4, 0.5) is 5.69 Å². The molecule has 0 bridgehead atoms. The monoisotopic (exact) mass is 378 g/mol. The summed E-state index contributed by atoms with van der Waals surface area (Å²) in [4.78, 5) is 22.2. The second-order valence-electron chi connectivity index (χ2n) is 6.28. The Kier molecular flexibility index (Phi) is 6.00. The third kappa shape index (κ3) is 4.28. The molecular weight excluding hydrogens is 356 g/mol. The first kappa shape index (κ1) is 18.5. The van der Waals surface area contributed by atoms with Crippen LogP contribution in [0.2, 0.25) is 5.02 Å². The van der Waals surface area contributed by atoms with Crippen LogP contribution in [0.5, 0.6) is 11.5 Å². The van der Waals surface area contributed by atoms with Crippen molar-refractivity contribution in [3.63, 3.8) is 0 Å². The highest BCUT2D eigenvalue weighted by Gasteiger charge is 2.24. The number of halogens is 1. The van der Waals surface area contributed by atoms with Crippen LogP contribution < -0.4 is 14.8 Å². The lowest BCUT2D eigenvalue weighted by atomic mass is 9.97. The molecule has 0 spiro atoms. The van der Waals surface area contributed by atoms with Gasteiger partial charge in [0.2, 0.25) is 5.91 Å². The highest BCUT2D eigenvalue weighted by molar-refractivity contribution is 6.32. The Balaban J connectivity index is 1.63. The molecule has 1 amide bonds. The highest BCUT2D eigenvalue weighted by atomic mass is 35.5. The van der Waals surface area contributed by atoms with Gasteiger partial charge in [0, 0.05) is 37.0 Å². The van der Waals surface area contributed by atoms with Gasteiger partial charge in [0.05, 0.1) is 31.5 Å². The predicted molar refractivity (Wildman–Crippen MR) is 100 cm³/mol. The Morgan fingerprint density at radius 3 is 2.88 bits per heavy atom. The van der Waals surface area contributed by atoms with Gasteiger partial charge in [-0.2, -0.15) is 0 Å². The smallest absolute Gasteiger partial charge is 0.238 e. The van der Waals surface area contributed by atoms with Crippen LogP contribution in [0.15, 0.2) is 24.5 Å². The topological polar surface area (TPSA) is 79.5 Å². The average Bonchev–Trinajstić information content (AvgIpc) is 3.17. The second kappa shape index (κ2) is 8.42. The van der Waals surface area contributed by atoms with Crippen LogP contribution >= 0.6 is 11.6 Å². The quantitative estimate of drug-likeness (QED) is 0.808. The molecule has 2 heterocycles. The molecule has 2 aromatic rings. The molecule has 1 saturated heterocycles. The third-order valence-corrected chi connectivity index (χ3v) is 4.82. The van der Waals surface area contributed by atoms with Crippen LogP contribution in [0.25, 0.3) is 0 Å². The Labute approximate surface area is 157 Å². The van der Waals surface area contributed by atoms with Crippen LogP contribution in [0.1, 0.15) is 24.6 Å². The number of aromatic amines is 1. The summed E-state index contributed by atoms with van der Waals surface area (Å²) in [6.45, 7) is 2.01. The minimum atomic E-state index is -0.104. The number of piperidine rings is 1. The number of carbonyl (C=O) groups excluding carboxylic acids is 1. The molecule has 1 aromatic heterocycles. The molecule has 0 unspecified atom stereocenters. The van der Waals surface area contributed by atoms with Gasteiger partial charge in [0.1, 0.15) is 17.3 Å². The number of nitrogens with zero attached hydrogens (tertiary/aromatic N) is 2. The summed E-state index contributed by atoms with van der Waals surface area (Å²) in [7, 11) is 3.06. The fourth-order valence-electron chi connectivity index (χ4n) is 3.27. The van der Waals surface area contributed by atoms with E-state index in [9.17, 15) is 4.79 Å². The lowest BCUT2D eigenvalue weighted by Crippen LogP contribution is -2.40. The number of imidazole rings is 1. The molecule has 1 aromatic carbocycles. The van der Waals surface area contributed by atoms with Crippen LogP contribution in [-0.4, -0.2) is 54.6 Å². The van der Waals surface area contributed by atoms with Crippen molar-refractivity contribution in [1.29, 1.82) is 0 Å². The van der Waals surface area contributed by atoms with E-state index in [1.165, 1.54) is 14.2 Å². The lowest BCUT2D eigenvalue weighted by molar-refractivity contribution is -0.117. The molecule has 8 heteroatoms. The van der Waals surface area contributed by atoms with Crippen molar-refractivity contribution in [2.24, 2.45) is 0 Å². The summed E-state index contributed by atoms with van der Waals surface area (Å²) in [5, 5.41) is 3.32. The number of H-pyrrole nitrogens is 1. The number of carbonyl (C=O) groups is 1. The molecule has 1 fully saturated rings. The fraction of sp³-hybridized carbons (Fsp3) is 0.444. The van der Waals surface area contributed by atoms with Gasteiger partial charge in [-0.15, -0.1) is 0 Å². The predicted octanol–water partition coefficient (Wildman–Crippen LogP) is 2.90. The zero-order valence-electron chi connectivity index (χ0n) is 14.9. The zero-order valence-corrected chi connectivity index (χ0v) is 15.7. The number of hydrogen-bond acceptors (Lipinski definition) is 5. The Hall–Kier alpha value is -2.25. The SMILES string of the molecule is COc1cc(NC(=O)CN2CCC[C@@H](c3ncc[nH]3)C2)c(OC)cc1Cl. The van der Waals surface area contributed by atoms with Gasteiger partial charge in [-0.3, -0.25) is 9.69 Å². The molecule has 0 radical (unpaired) electrons. The van der Waals surface area contributed by atoms with Gasteiger partial charge in [-0.05, 0) is 19.4 Å². The molecule has 26 heavy (non-hydrogen) atoms. The maximum absolute atomic E-state index is 12.5. The summed E-state index contributed by atoms with van der Waals surface area (Å²) in [6, 6.07) is 3.30. The van der Waals surface area contributed by atoms with Gasteiger partial charge in [0.15, 0.2) is 0 Å². The molecule has 7 nitrogen and oxygen atoms in total. The van der Waals surface area contributed by atoms with Crippen LogP contribution in [-0.2, 0) is 4.79 Å². The first-order chi connectivity index (χ1) is 12.6. The van der Waals surface area contributed by atoms with Crippen molar-refractivity contribution in [3.8, 4) is 11.5 Å². The van der Waals surface area contributed by atoms with E-state index >= 15 is 0 Å². The normalized spacial score (nSPS) is 17.7. The van der Waals surface area contributed by atoms with E-state index in [-0.39, 0.29) is 5.91 Å². The molecule has 0 aliphatic carbocycles. The lowest BCUT2D eigenvalue weighted by Gasteiger charge is -2.31. The summed E-state index contributed by atoms with van der Waals surface area (Å²) >= 11 is 6.10. The fourth-order valence-corrected chi connectivity index (χ4v) is 3.50. The van der Waals surface area contributed by atoms with E-state index in [0.29, 0.717) is 34.7 Å². The van der Waals surface area contributed by atoms with Gasteiger partial charge in [-0.25, -0.2) is 4.98 Å². The third-order valence-electron chi connectivity index (χ3n) is 4.53. The summed E-state index contributed by atoms with van der Waals surface area (Å²) in [5.74, 6) is 2.19. The van der Waals surface area contributed by atoms with Crippen molar-refractivity contribution < 1.29 is 14.3 Å². The standard InChI is InChI=1S/C18H23ClN4O3/c1-25-15-9-14(16(26-2)8-13(15)19)22-17(24)11-23-7-3-4-12(10-23)18-20-5-6-21-18/h5-6,8-9,12H,3-4,7,10-11H2,1-2H3,(H,20,21)(H,22,24)/t12-/m1/s1. The number of ether oxygens (including phenoxy) is 2. The molecule has 3 rings (SSSR count). The minimum Gasteiger partial charge on any atom is -0.495 e. The number of amides is 1. The maximum atomic E-state index is 12.5. The molecular formula is C18H23ClN4O3. The molecule has 0 saturated carbocycles. The van der Waals surface area contributed by atoms with Gasteiger partial charge >= 0.3 is 0 Å². The number of rotatable bonds is 6. The Morgan fingerprint density at radius 2 is 2.19 bits per heavy atom. The minimum absolute atomic E-state index is 0.104. The number of benzene rings is 1. The first-order valence-corrected chi connectivity index (χ1v) is 8.91. The number of aromatic nitrogens is 2. The number of anilines is 1. The summed E-state index contributed by atoms with van der Waals surface area (Å²) in [6.07, 6.45) is 5.72. The Bertz CT molecular complexity index is 751. The van der Waals surface area contributed by atoms with E-state index in [0.717, 1.165) is 31.8 Å². The maximum Gasteiger partial charge on any atom is 0.238 e. The first-order valence-electron chi connectivity index (χ1n) is 8.53. The van der Waals surface area contributed by atoms with Crippen LogP contribution in [0, 0.1) is 0 Å². The van der Waals surface area contributed by atoms with Crippen molar-refractivity contribution >= 4 is 23.2 Å². The van der Waals surface area contributed by atoms with Gasteiger partial charge in [0.25, 0.3) is 0 Å². The number of likely N-dealkylation sites (tertiary alicyclic amines) is 1. The van der Waals surface area contributed by atoms with Crippen molar-refractivity contribution in [2.45, 2.75) is 18.8 Å². The number of hydrogen-bond donors (Lipinski definition) is 2. The zero-order chi connectivity index (χ0) is 18.5. The highest BCUT2D eigenvalue weighted by Crippen LogP contribution is 2.35. The van der Waals surface area contributed by atoms with Crippen molar-refractivity contribution in [3.05, 3.63) is 35.4 Å². The summed E-state index contributed by atoms with van der Waals surface area (Å²) in [5.41, 5.74) is 0.540. The van der Waals surface area contributed by atoms with Crippen LogP contribution in [0.3, 0.4) is 0 Å². The average molecular weight is 379 g/mol. The molecule has 2 N–H and O–H groups in total. The van der Waals surface area contributed by atoms with Gasteiger partial charge in [-0.1, -0.05) is 11.6 Å².